The number of hydrogen-bond acceptors (Lipinski definition) is 5. The third kappa shape index (κ3) is 4.20. The number of amides is 1. The van der Waals surface area contributed by atoms with Gasteiger partial charge in [-0.1, -0.05) is 13.0 Å². The predicted molar refractivity (Wildman–Crippen MR) is 89.4 cm³/mol. The molecule has 0 spiro atoms. The van der Waals surface area contributed by atoms with Gasteiger partial charge in [-0.15, -0.1) is 0 Å². The highest BCUT2D eigenvalue weighted by Gasteiger charge is 2.23. The molecule has 0 aliphatic carbocycles. The Kier molecular flexibility index (Phi) is 5.46. The first kappa shape index (κ1) is 16.2. The largest absolute Gasteiger partial charge is 0.368 e. The van der Waals surface area contributed by atoms with Crippen molar-refractivity contribution >= 4 is 11.7 Å². The van der Waals surface area contributed by atoms with Gasteiger partial charge < -0.3 is 19.9 Å². The Labute approximate surface area is 137 Å². The number of rotatable bonds is 5. The maximum absolute atomic E-state index is 11.9. The van der Waals surface area contributed by atoms with Crippen LogP contribution < -0.4 is 10.2 Å². The number of anilines is 1. The Morgan fingerprint density at radius 3 is 2.78 bits per heavy atom. The highest BCUT2D eigenvalue weighted by Crippen LogP contribution is 2.15. The zero-order chi connectivity index (χ0) is 16.1. The van der Waals surface area contributed by atoms with Crippen molar-refractivity contribution in [3.63, 3.8) is 0 Å². The third-order valence-corrected chi connectivity index (χ3v) is 4.64. The van der Waals surface area contributed by atoms with E-state index in [-0.39, 0.29) is 12.0 Å². The van der Waals surface area contributed by atoms with Gasteiger partial charge in [-0.2, -0.15) is 0 Å². The standard InChI is InChI=1S/C17H26N4O2/c1-2-20-7-9-21(10-8-20)16-6-5-14(12-18-16)13-19-17(22)15-4-3-11-23-15/h5-6,12,15H,2-4,7-11,13H2,1H3,(H,19,22)/t15-/m1/s1. The molecule has 1 aromatic rings. The maximum Gasteiger partial charge on any atom is 0.249 e. The molecule has 0 unspecified atom stereocenters. The van der Waals surface area contributed by atoms with E-state index in [1.54, 1.807) is 0 Å². The second kappa shape index (κ2) is 7.75. The zero-order valence-electron chi connectivity index (χ0n) is 13.8. The molecule has 0 bridgehead atoms. The molecule has 0 aromatic carbocycles. The Morgan fingerprint density at radius 2 is 2.17 bits per heavy atom. The minimum atomic E-state index is -0.267. The molecule has 2 fully saturated rings. The van der Waals surface area contributed by atoms with Crippen LogP contribution in [0.1, 0.15) is 25.3 Å². The van der Waals surface area contributed by atoms with Gasteiger partial charge in [0.05, 0.1) is 0 Å². The molecular weight excluding hydrogens is 292 g/mol. The Bertz CT molecular complexity index is 506. The van der Waals surface area contributed by atoms with Gasteiger partial charge in [-0.25, -0.2) is 4.98 Å². The van der Waals surface area contributed by atoms with Gasteiger partial charge in [0.15, 0.2) is 0 Å². The second-order valence-electron chi connectivity index (χ2n) is 6.17. The first-order valence-electron chi connectivity index (χ1n) is 8.58. The topological polar surface area (TPSA) is 57.7 Å². The number of likely N-dealkylation sites (N-methyl/N-ethyl adjacent to an activating group) is 1. The first-order valence-corrected chi connectivity index (χ1v) is 8.58. The van der Waals surface area contributed by atoms with Gasteiger partial charge in [0, 0.05) is 45.5 Å². The number of carbonyl (C=O) groups excluding carboxylic acids is 1. The molecule has 1 aromatic heterocycles. The molecule has 3 heterocycles. The summed E-state index contributed by atoms with van der Waals surface area (Å²) >= 11 is 0. The van der Waals surface area contributed by atoms with Gasteiger partial charge in [-0.3, -0.25) is 4.79 Å². The van der Waals surface area contributed by atoms with Gasteiger partial charge >= 0.3 is 0 Å². The molecule has 2 aliphatic rings. The van der Waals surface area contributed by atoms with E-state index in [1.807, 2.05) is 12.3 Å². The second-order valence-corrected chi connectivity index (χ2v) is 6.17. The van der Waals surface area contributed by atoms with E-state index in [0.29, 0.717) is 13.2 Å². The van der Waals surface area contributed by atoms with Crippen molar-refractivity contribution in [2.24, 2.45) is 0 Å². The van der Waals surface area contributed by atoms with Crippen LogP contribution in [0.5, 0.6) is 0 Å². The number of nitrogens with one attached hydrogen (secondary N) is 1. The summed E-state index contributed by atoms with van der Waals surface area (Å²) < 4.78 is 5.38. The Morgan fingerprint density at radius 1 is 1.35 bits per heavy atom. The summed E-state index contributed by atoms with van der Waals surface area (Å²) in [7, 11) is 0. The molecule has 1 N–H and O–H groups in total. The number of piperazine rings is 1. The summed E-state index contributed by atoms with van der Waals surface area (Å²) in [5, 5.41) is 2.93. The van der Waals surface area contributed by atoms with E-state index in [0.717, 1.165) is 56.9 Å². The summed E-state index contributed by atoms with van der Waals surface area (Å²) in [6, 6.07) is 4.10. The molecule has 0 saturated carbocycles. The lowest BCUT2D eigenvalue weighted by Gasteiger charge is -2.34. The van der Waals surface area contributed by atoms with Crippen LogP contribution in [0.3, 0.4) is 0 Å². The fourth-order valence-electron chi connectivity index (χ4n) is 3.09. The number of pyridine rings is 1. The maximum atomic E-state index is 11.9. The van der Waals surface area contributed by atoms with Crippen molar-refractivity contribution in [2.75, 3.05) is 44.2 Å². The normalized spacial score (nSPS) is 22.3. The highest BCUT2D eigenvalue weighted by atomic mass is 16.5. The molecule has 3 rings (SSSR count). The fourth-order valence-corrected chi connectivity index (χ4v) is 3.09. The number of ether oxygens (including phenoxy) is 1. The highest BCUT2D eigenvalue weighted by molar-refractivity contribution is 5.80. The molecule has 1 amide bonds. The minimum Gasteiger partial charge on any atom is -0.368 e. The van der Waals surface area contributed by atoms with Crippen LogP contribution in [0.2, 0.25) is 0 Å². The molecule has 126 valence electrons. The van der Waals surface area contributed by atoms with E-state index in [1.165, 1.54) is 0 Å². The summed E-state index contributed by atoms with van der Waals surface area (Å²) in [6.45, 7) is 8.76. The lowest BCUT2D eigenvalue weighted by Crippen LogP contribution is -2.46. The fraction of sp³-hybridized carbons (Fsp3) is 0.647. The number of hydrogen-bond donors (Lipinski definition) is 1. The van der Waals surface area contributed by atoms with Crippen molar-refractivity contribution in [1.82, 2.24) is 15.2 Å². The van der Waals surface area contributed by atoms with Crippen molar-refractivity contribution in [3.05, 3.63) is 23.9 Å². The molecule has 6 heteroatoms. The summed E-state index contributed by atoms with van der Waals surface area (Å²) in [5.41, 5.74) is 1.02. The molecule has 0 radical (unpaired) electrons. The van der Waals surface area contributed by atoms with E-state index in [9.17, 15) is 4.79 Å². The molecule has 2 aliphatic heterocycles. The minimum absolute atomic E-state index is 0.0118. The summed E-state index contributed by atoms with van der Waals surface area (Å²) in [6.07, 6.45) is 3.39. The van der Waals surface area contributed by atoms with Crippen LogP contribution in [0, 0.1) is 0 Å². The average molecular weight is 318 g/mol. The molecule has 1 atom stereocenters. The third-order valence-electron chi connectivity index (χ3n) is 4.64. The van der Waals surface area contributed by atoms with Crippen LogP contribution in [-0.4, -0.2) is 61.2 Å². The van der Waals surface area contributed by atoms with Crippen molar-refractivity contribution in [2.45, 2.75) is 32.4 Å². The van der Waals surface area contributed by atoms with E-state index < -0.39 is 0 Å². The van der Waals surface area contributed by atoms with E-state index >= 15 is 0 Å². The summed E-state index contributed by atoms with van der Waals surface area (Å²) in [4.78, 5) is 21.2. The summed E-state index contributed by atoms with van der Waals surface area (Å²) in [5.74, 6) is 1.01. The molecule has 23 heavy (non-hydrogen) atoms. The van der Waals surface area contributed by atoms with Crippen molar-refractivity contribution < 1.29 is 9.53 Å². The van der Waals surface area contributed by atoms with Gasteiger partial charge in [0.1, 0.15) is 11.9 Å². The van der Waals surface area contributed by atoms with Gasteiger partial charge in [0.25, 0.3) is 0 Å². The zero-order valence-corrected chi connectivity index (χ0v) is 13.8. The Balaban J connectivity index is 1.48. The van der Waals surface area contributed by atoms with Crippen molar-refractivity contribution in [1.29, 1.82) is 0 Å². The predicted octanol–water partition coefficient (Wildman–Crippen LogP) is 1.02. The number of carbonyl (C=O) groups is 1. The molecule has 2 saturated heterocycles. The van der Waals surface area contributed by atoms with Crippen LogP contribution in [0.4, 0.5) is 5.82 Å². The molecule has 6 nitrogen and oxygen atoms in total. The lowest BCUT2D eigenvalue weighted by atomic mass is 10.2. The monoisotopic (exact) mass is 318 g/mol. The van der Waals surface area contributed by atoms with Crippen LogP contribution in [0.25, 0.3) is 0 Å². The number of nitrogens with zero attached hydrogens (tertiary/aromatic N) is 3. The van der Waals surface area contributed by atoms with Crippen molar-refractivity contribution in [3.8, 4) is 0 Å². The first-order chi connectivity index (χ1) is 11.3. The average Bonchev–Trinajstić information content (AvgIpc) is 3.15. The molecular formula is C17H26N4O2. The van der Waals surface area contributed by atoms with Crippen LogP contribution >= 0.6 is 0 Å². The van der Waals surface area contributed by atoms with E-state index in [4.69, 9.17) is 4.74 Å². The lowest BCUT2D eigenvalue weighted by molar-refractivity contribution is -0.130. The van der Waals surface area contributed by atoms with Gasteiger partial charge in [0.2, 0.25) is 5.91 Å². The quantitative estimate of drug-likeness (QED) is 0.878. The van der Waals surface area contributed by atoms with Crippen LogP contribution in [-0.2, 0) is 16.1 Å². The van der Waals surface area contributed by atoms with E-state index in [2.05, 4.69) is 33.1 Å². The van der Waals surface area contributed by atoms with Crippen LogP contribution in [0.15, 0.2) is 18.3 Å². The number of aromatic nitrogens is 1. The smallest absolute Gasteiger partial charge is 0.249 e. The Hall–Kier alpha value is -1.66. The SMILES string of the molecule is CCN1CCN(c2ccc(CNC(=O)[C@H]3CCCO3)cn2)CC1. The van der Waals surface area contributed by atoms with Gasteiger partial charge in [-0.05, 0) is 31.0 Å².